The molecule has 31 heavy (non-hydrogen) atoms. The van der Waals surface area contributed by atoms with E-state index in [1.54, 1.807) is 12.3 Å². The van der Waals surface area contributed by atoms with Gasteiger partial charge in [-0.2, -0.15) is 13.2 Å². The largest absolute Gasteiger partial charge is 0.490 e. The Morgan fingerprint density at radius 1 is 1.19 bits per heavy atom. The second-order valence-corrected chi connectivity index (χ2v) is 7.58. The SMILES string of the molecule is CC(Oc1cc(-c2ccc(OCC(F)(F)F)nc2)cc2ncccc12)C1CNC(O)C1. The van der Waals surface area contributed by atoms with Gasteiger partial charge in [0.2, 0.25) is 5.88 Å². The molecule has 1 aromatic carbocycles. The molecular weight excluding hydrogens is 411 g/mol. The number of hydrogen-bond donors (Lipinski definition) is 2. The van der Waals surface area contributed by atoms with Crippen molar-refractivity contribution < 1.29 is 27.8 Å². The van der Waals surface area contributed by atoms with Crippen LogP contribution in [-0.4, -0.2) is 46.7 Å². The molecule has 0 radical (unpaired) electrons. The number of rotatable bonds is 6. The van der Waals surface area contributed by atoms with Crippen molar-refractivity contribution in [1.29, 1.82) is 0 Å². The average molecular weight is 433 g/mol. The molecule has 9 heteroatoms. The zero-order chi connectivity index (χ0) is 22.0. The summed E-state index contributed by atoms with van der Waals surface area (Å²) < 4.78 is 47.9. The number of alkyl halides is 3. The Morgan fingerprint density at radius 3 is 2.71 bits per heavy atom. The molecule has 3 atom stereocenters. The highest BCUT2D eigenvalue weighted by Gasteiger charge is 2.29. The van der Waals surface area contributed by atoms with E-state index >= 15 is 0 Å². The summed E-state index contributed by atoms with van der Waals surface area (Å²) in [5.41, 5.74) is 2.19. The molecule has 4 rings (SSSR count). The van der Waals surface area contributed by atoms with E-state index in [2.05, 4.69) is 20.0 Å². The molecule has 0 spiro atoms. The minimum Gasteiger partial charge on any atom is -0.490 e. The van der Waals surface area contributed by atoms with Crippen molar-refractivity contribution in [2.75, 3.05) is 13.2 Å². The summed E-state index contributed by atoms with van der Waals surface area (Å²) in [7, 11) is 0. The van der Waals surface area contributed by atoms with Crippen LogP contribution >= 0.6 is 0 Å². The number of aliphatic hydroxyl groups excluding tert-OH is 1. The van der Waals surface area contributed by atoms with E-state index in [4.69, 9.17) is 4.74 Å². The minimum absolute atomic E-state index is 0.0997. The summed E-state index contributed by atoms with van der Waals surface area (Å²) in [5, 5.41) is 13.6. The Labute approximate surface area is 177 Å². The first-order valence-electron chi connectivity index (χ1n) is 9.91. The Bertz CT molecular complexity index is 1040. The molecule has 164 valence electrons. The number of benzene rings is 1. The summed E-state index contributed by atoms with van der Waals surface area (Å²) in [6.07, 6.45) is -1.33. The van der Waals surface area contributed by atoms with Gasteiger partial charge < -0.3 is 14.6 Å². The first-order valence-corrected chi connectivity index (χ1v) is 9.91. The highest BCUT2D eigenvalue weighted by atomic mass is 19.4. The van der Waals surface area contributed by atoms with Crippen molar-refractivity contribution in [3.8, 4) is 22.8 Å². The van der Waals surface area contributed by atoms with Gasteiger partial charge in [0.25, 0.3) is 0 Å². The third kappa shape index (κ3) is 5.23. The van der Waals surface area contributed by atoms with Gasteiger partial charge in [-0.1, -0.05) is 0 Å². The smallest absolute Gasteiger partial charge is 0.422 e. The molecule has 0 saturated carbocycles. The summed E-state index contributed by atoms with van der Waals surface area (Å²) in [5.74, 6) is 0.710. The van der Waals surface area contributed by atoms with E-state index in [9.17, 15) is 18.3 Å². The van der Waals surface area contributed by atoms with Gasteiger partial charge in [-0.15, -0.1) is 0 Å². The van der Waals surface area contributed by atoms with Crippen molar-refractivity contribution in [3.05, 3.63) is 48.8 Å². The Hall–Kier alpha value is -2.91. The second-order valence-electron chi connectivity index (χ2n) is 7.58. The van der Waals surface area contributed by atoms with Gasteiger partial charge in [-0.25, -0.2) is 4.98 Å². The summed E-state index contributed by atoms with van der Waals surface area (Å²) >= 11 is 0. The molecule has 1 aliphatic rings. The normalized spacial score (nSPS) is 20.0. The average Bonchev–Trinajstić information content (AvgIpc) is 3.18. The van der Waals surface area contributed by atoms with E-state index < -0.39 is 19.0 Å². The summed E-state index contributed by atoms with van der Waals surface area (Å²) in [4.78, 5) is 8.40. The first-order chi connectivity index (χ1) is 14.8. The molecule has 0 bridgehead atoms. The molecule has 1 fully saturated rings. The fourth-order valence-electron chi connectivity index (χ4n) is 3.60. The maximum atomic E-state index is 12.3. The lowest BCUT2D eigenvalue weighted by Gasteiger charge is -2.22. The van der Waals surface area contributed by atoms with Gasteiger partial charge in [-0.3, -0.25) is 10.3 Å². The highest BCUT2D eigenvalue weighted by molar-refractivity contribution is 5.90. The van der Waals surface area contributed by atoms with E-state index in [-0.39, 0.29) is 17.9 Å². The van der Waals surface area contributed by atoms with E-state index in [1.165, 1.54) is 12.3 Å². The van der Waals surface area contributed by atoms with Gasteiger partial charge >= 0.3 is 6.18 Å². The minimum atomic E-state index is -4.42. The van der Waals surface area contributed by atoms with Crippen LogP contribution in [0.15, 0.2) is 48.8 Å². The van der Waals surface area contributed by atoms with Crippen molar-refractivity contribution in [2.24, 2.45) is 5.92 Å². The van der Waals surface area contributed by atoms with Crippen LogP contribution in [0.2, 0.25) is 0 Å². The van der Waals surface area contributed by atoms with Crippen molar-refractivity contribution in [3.63, 3.8) is 0 Å². The van der Waals surface area contributed by atoms with Crippen LogP contribution in [-0.2, 0) is 0 Å². The number of aliphatic hydroxyl groups is 1. The van der Waals surface area contributed by atoms with Crippen LogP contribution in [0.1, 0.15) is 13.3 Å². The molecule has 6 nitrogen and oxygen atoms in total. The van der Waals surface area contributed by atoms with Crippen LogP contribution < -0.4 is 14.8 Å². The number of nitrogens with one attached hydrogen (secondary N) is 1. The molecular formula is C22H22F3N3O3. The van der Waals surface area contributed by atoms with Gasteiger partial charge in [0, 0.05) is 41.9 Å². The molecule has 3 aromatic rings. The third-order valence-corrected chi connectivity index (χ3v) is 5.25. The molecule has 1 saturated heterocycles. The first kappa shape index (κ1) is 21.3. The Balaban J connectivity index is 1.60. The maximum absolute atomic E-state index is 12.3. The number of pyridine rings is 2. The van der Waals surface area contributed by atoms with Crippen LogP contribution in [0.3, 0.4) is 0 Å². The lowest BCUT2D eigenvalue weighted by atomic mass is 10.0. The molecule has 2 aromatic heterocycles. The zero-order valence-electron chi connectivity index (χ0n) is 16.8. The highest BCUT2D eigenvalue weighted by Crippen LogP contribution is 2.34. The van der Waals surface area contributed by atoms with E-state index in [1.807, 2.05) is 31.2 Å². The summed E-state index contributed by atoms with van der Waals surface area (Å²) in [6.45, 7) is 1.24. The zero-order valence-corrected chi connectivity index (χ0v) is 16.8. The van der Waals surface area contributed by atoms with Gasteiger partial charge in [-0.05, 0) is 49.2 Å². The van der Waals surface area contributed by atoms with Crippen molar-refractivity contribution in [1.82, 2.24) is 15.3 Å². The predicted molar refractivity (Wildman–Crippen MR) is 109 cm³/mol. The summed E-state index contributed by atoms with van der Waals surface area (Å²) in [6, 6.07) is 10.5. The van der Waals surface area contributed by atoms with Gasteiger partial charge in [0.15, 0.2) is 6.61 Å². The monoisotopic (exact) mass is 433 g/mol. The number of fused-ring (bicyclic) bond motifs is 1. The molecule has 3 unspecified atom stereocenters. The molecule has 2 N–H and O–H groups in total. The van der Waals surface area contributed by atoms with Crippen LogP contribution in [0.5, 0.6) is 11.6 Å². The fourth-order valence-corrected chi connectivity index (χ4v) is 3.60. The number of halogens is 3. The molecule has 3 heterocycles. The standard InChI is InChI=1S/C22H22F3N3O3/c1-13(16-9-20(29)27-11-16)31-19-8-15(7-18-17(19)3-2-6-26-18)14-4-5-21(28-10-14)30-12-22(23,24)25/h2-8,10,13,16,20,27,29H,9,11-12H2,1H3. The van der Waals surface area contributed by atoms with Crippen LogP contribution in [0.25, 0.3) is 22.0 Å². The Kier molecular flexibility index (Phi) is 5.97. The fraction of sp³-hybridized carbons (Fsp3) is 0.364. The molecule has 1 aliphatic heterocycles. The van der Waals surface area contributed by atoms with Crippen LogP contribution in [0, 0.1) is 5.92 Å². The Morgan fingerprint density at radius 2 is 2.03 bits per heavy atom. The van der Waals surface area contributed by atoms with E-state index in [0.29, 0.717) is 24.3 Å². The van der Waals surface area contributed by atoms with Crippen molar-refractivity contribution >= 4 is 10.9 Å². The topological polar surface area (TPSA) is 76.5 Å². The van der Waals surface area contributed by atoms with Crippen LogP contribution in [0.4, 0.5) is 13.2 Å². The quantitative estimate of drug-likeness (QED) is 0.614. The number of aromatic nitrogens is 2. The van der Waals surface area contributed by atoms with Gasteiger partial charge in [0.05, 0.1) is 5.52 Å². The third-order valence-electron chi connectivity index (χ3n) is 5.25. The van der Waals surface area contributed by atoms with Crippen molar-refractivity contribution in [2.45, 2.75) is 31.9 Å². The lowest BCUT2D eigenvalue weighted by molar-refractivity contribution is -0.154. The number of ether oxygens (including phenoxy) is 2. The van der Waals surface area contributed by atoms with E-state index in [0.717, 1.165) is 16.5 Å². The second kappa shape index (κ2) is 8.68. The number of nitrogens with zero attached hydrogens (tertiary/aromatic N) is 2. The van der Waals surface area contributed by atoms with Gasteiger partial charge in [0.1, 0.15) is 18.1 Å². The molecule has 0 amide bonds. The predicted octanol–water partition coefficient (Wildman–Crippen LogP) is 3.93. The lowest BCUT2D eigenvalue weighted by Crippen LogP contribution is -2.25. The maximum Gasteiger partial charge on any atom is 0.422 e. The molecule has 0 aliphatic carbocycles. The number of hydrogen-bond acceptors (Lipinski definition) is 6.